The highest BCUT2D eigenvalue weighted by molar-refractivity contribution is 5.99. The topological polar surface area (TPSA) is 167 Å². The number of amides is 2. The highest BCUT2D eigenvalue weighted by Crippen LogP contribution is 2.44. The van der Waals surface area contributed by atoms with Crippen LogP contribution >= 0.6 is 0 Å². The lowest BCUT2D eigenvalue weighted by molar-refractivity contribution is -0.161. The van der Waals surface area contributed by atoms with E-state index in [1.165, 1.54) is 9.80 Å². The van der Waals surface area contributed by atoms with E-state index in [1.807, 2.05) is 19.1 Å². The number of aryl methyl sites for hydroxylation is 1. The van der Waals surface area contributed by atoms with Crippen LogP contribution in [0.1, 0.15) is 101 Å². The van der Waals surface area contributed by atoms with E-state index in [9.17, 15) is 29.1 Å². The van der Waals surface area contributed by atoms with Gasteiger partial charge in [0.1, 0.15) is 47.9 Å². The molecule has 1 N–H and O–H groups in total. The van der Waals surface area contributed by atoms with Crippen LogP contribution in [0.25, 0.3) is 11.1 Å². The molecule has 4 aliphatic rings. The molecule has 6 atom stereocenters. The number of methoxy groups -OCH3 is 1. The molecule has 0 saturated carbocycles. The number of nitrogens with zero attached hydrogens (tertiary/aromatic N) is 2. The van der Waals surface area contributed by atoms with E-state index in [4.69, 9.17) is 28.4 Å². The second-order valence-corrected chi connectivity index (χ2v) is 17.4. The average molecular weight is 779 g/mol. The van der Waals surface area contributed by atoms with Crippen LogP contribution in [0.2, 0.25) is 0 Å². The van der Waals surface area contributed by atoms with Gasteiger partial charge in [-0.25, -0.2) is 19.2 Å². The second kappa shape index (κ2) is 16.0. The number of esters is 2. The number of hydrogen-bond donors (Lipinski definition) is 1. The van der Waals surface area contributed by atoms with Crippen molar-refractivity contribution in [3.05, 3.63) is 52.6 Å². The number of aliphatic hydroxyl groups excluding tert-OH is 1. The van der Waals surface area contributed by atoms with Crippen molar-refractivity contribution in [2.75, 3.05) is 33.4 Å². The average Bonchev–Trinajstić information content (AvgIpc) is 3.73. The molecule has 14 nitrogen and oxygen atoms in total. The zero-order valence-corrected chi connectivity index (χ0v) is 33.5. The summed E-state index contributed by atoms with van der Waals surface area (Å²) in [5, 5.41) is 11.5. The normalized spacial score (nSPS) is 24.3. The van der Waals surface area contributed by atoms with Gasteiger partial charge in [-0.05, 0) is 114 Å². The van der Waals surface area contributed by atoms with Crippen molar-refractivity contribution in [1.29, 1.82) is 0 Å². The molecule has 14 heteroatoms. The number of likely N-dealkylation sites (tertiary alicyclic amines) is 2. The molecule has 304 valence electrons. The van der Waals surface area contributed by atoms with Crippen LogP contribution in [0.15, 0.2) is 30.3 Å². The molecule has 0 aromatic heterocycles. The van der Waals surface area contributed by atoms with E-state index in [2.05, 4.69) is 0 Å². The first-order valence-electron chi connectivity index (χ1n) is 19.3. The Morgan fingerprint density at radius 2 is 1.50 bits per heavy atom. The molecule has 2 fully saturated rings. The molecule has 56 heavy (non-hydrogen) atoms. The van der Waals surface area contributed by atoms with Crippen molar-refractivity contribution in [2.45, 2.75) is 116 Å². The number of rotatable bonds is 8. The van der Waals surface area contributed by atoms with E-state index in [0.717, 1.165) is 22.3 Å². The standard InChI is InChI=1S/C42H54N2O12/c1-23-13-31(43(18-23)39(49)55-41(2,3)4)37(47)53-22-33(45)26-9-11-28-27(15-26)21-52-35-17-29-25(16-30(28)35)10-12-34(36(29)46)54-38(48)32-14-24(20-51-8)19-44(32)40(50)56-42(5,6)7/h9,11,15-17,23-24,31-32,34,36,46H,10,12-14,18-22H2,1-8H3. The van der Waals surface area contributed by atoms with E-state index in [1.54, 1.807) is 66.9 Å². The predicted molar refractivity (Wildman–Crippen MR) is 202 cm³/mol. The summed E-state index contributed by atoms with van der Waals surface area (Å²) in [6.45, 7) is 13.2. The quantitative estimate of drug-likeness (QED) is 0.195. The molecule has 2 aromatic carbocycles. The van der Waals surface area contributed by atoms with Gasteiger partial charge in [0.15, 0.2) is 12.4 Å². The summed E-state index contributed by atoms with van der Waals surface area (Å²) in [7, 11) is 1.57. The largest absolute Gasteiger partial charge is 0.488 e. The van der Waals surface area contributed by atoms with E-state index >= 15 is 0 Å². The Kier molecular flexibility index (Phi) is 11.7. The summed E-state index contributed by atoms with van der Waals surface area (Å²) in [6.07, 6.45) is -1.46. The fourth-order valence-corrected chi connectivity index (χ4v) is 7.91. The summed E-state index contributed by atoms with van der Waals surface area (Å²) >= 11 is 0. The molecular formula is C42H54N2O12. The predicted octanol–water partition coefficient (Wildman–Crippen LogP) is 5.78. The Bertz CT molecular complexity index is 1860. The van der Waals surface area contributed by atoms with Crippen molar-refractivity contribution in [3.8, 4) is 16.9 Å². The molecule has 6 unspecified atom stereocenters. The molecule has 1 aliphatic carbocycles. The molecule has 0 bridgehead atoms. The zero-order valence-electron chi connectivity index (χ0n) is 33.5. The van der Waals surface area contributed by atoms with Gasteiger partial charge in [-0.15, -0.1) is 0 Å². The number of ketones is 1. The first-order valence-corrected chi connectivity index (χ1v) is 19.3. The number of carbonyl (C=O) groups is 5. The SMILES string of the molecule is COCC1CC(C(=O)OC2CCc3cc4c(cc3C2O)OCc2cc(C(=O)COC(=O)C3CC(C)CN3C(=O)OC(C)(C)C)ccc2-4)N(C(=O)OC(C)(C)C)C1. The monoisotopic (exact) mass is 778 g/mol. The highest BCUT2D eigenvalue weighted by atomic mass is 16.6. The molecule has 2 amide bonds. The van der Waals surface area contributed by atoms with Crippen molar-refractivity contribution in [2.24, 2.45) is 11.8 Å². The van der Waals surface area contributed by atoms with Gasteiger partial charge in [-0.3, -0.25) is 14.6 Å². The number of benzene rings is 2. The Balaban J connectivity index is 1.10. The number of carbonyl (C=O) groups excluding carboxylic acids is 5. The second-order valence-electron chi connectivity index (χ2n) is 17.4. The van der Waals surface area contributed by atoms with Crippen LogP contribution in [0.5, 0.6) is 5.75 Å². The Labute approximate surface area is 327 Å². The van der Waals surface area contributed by atoms with Crippen LogP contribution in [-0.4, -0.2) is 108 Å². The van der Waals surface area contributed by atoms with Crippen LogP contribution in [0, 0.1) is 11.8 Å². The molecule has 2 aromatic rings. The number of aliphatic hydroxyl groups is 1. The van der Waals surface area contributed by atoms with Crippen molar-refractivity contribution >= 4 is 29.9 Å². The smallest absolute Gasteiger partial charge is 0.411 e. The molecule has 3 aliphatic heterocycles. The van der Waals surface area contributed by atoms with Gasteiger partial charge >= 0.3 is 24.1 Å². The van der Waals surface area contributed by atoms with Crippen LogP contribution in [0.4, 0.5) is 9.59 Å². The van der Waals surface area contributed by atoms with Gasteiger partial charge in [0.25, 0.3) is 0 Å². The maximum atomic E-state index is 13.6. The molecular weight excluding hydrogens is 724 g/mol. The van der Waals surface area contributed by atoms with Crippen LogP contribution in [-0.2, 0) is 46.3 Å². The molecule has 6 rings (SSSR count). The van der Waals surface area contributed by atoms with Crippen LogP contribution < -0.4 is 4.74 Å². The summed E-state index contributed by atoms with van der Waals surface area (Å²) in [6, 6.07) is 7.28. The third kappa shape index (κ3) is 9.12. The lowest BCUT2D eigenvalue weighted by atomic mass is 9.83. The Morgan fingerprint density at radius 1 is 0.839 bits per heavy atom. The third-order valence-corrected chi connectivity index (χ3v) is 10.4. The first kappa shape index (κ1) is 41.0. The van der Waals surface area contributed by atoms with Gasteiger partial charge < -0.3 is 33.5 Å². The van der Waals surface area contributed by atoms with Gasteiger partial charge in [0.05, 0.1) is 6.61 Å². The van der Waals surface area contributed by atoms with E-state index in [-0.39, 0.29) is 18.4 Å². The third-order valence-electron chi connectivity index (χ3n) is 10.4. The highest BCUT2D eigenvalue weighted by Gasteiger charge is 2.45. The fraction of sp³-hybridized carbons (Fsp3) is 0.595. The Hall–Kier alpha value is -4.69. The van der Waals surface area contributed by atoms with Gasteiger partial charge in [-0.1, -0.05) is 19.1 Å². The number of Topliss-reactive ketones (excluding diaryl/α,β-unsaturated/α-hetero) is 1. The minimum atomic E-state index is -1.12. The maximum absolute atomic E-state index is 13.6. The van der Waals surface area contributed by atoms with Crippen molar-refractivity contribution in [1.82, 2.24) is 9.80 Å². The first-order chi connectivity index (χ1) is 26.3. The van der Waals surface area contributed by atoms with Crippen LogP contribution in [0.3, 0.4) is 0 Å². The summed E-state index contributed by atoms with van der Waals surface area (Å²) < 4.78 is 33.8. The molecule has 0 spiro atoms. The molecule has 2 saturated heterocycles. The van der Waals surface area contributed by atoms with Crippen molar-refractivity contribution in [3.63, 3.8) is 0 Å². The van der Waals surface area contributed by atoms with Gasteiger partial charge in [-0.2, -0.15) is 0 Å². The number of hydrogen-bond acceptors (Lipinski definition) is 12. The fourth-order valence-electron chi connectivity index (χ4n) is 7.91. The van der Waals surface area contributed by atoms with Gasteiger partial charge in [0.2, 0.25) is 0 Å². The van der Waals surface area contributed by atoms with E-state index < -0.39 is 72.0 Å². The lowest BCUT2D eigenvalue weighted by Crippen LogP contribution is -2.45. The summed E-state index contributed by atoms with van der Waals surface area (Å²) in [5.41, 5.74) is 2.82. The Morgan fingerprint density at radius 3 is 2.16 bits per heavy atom. The summed E-state index contributed by atoms with van der Waals surface area (Å²) in [4.78, 5) is 68.4. The molecule has 3 heterocycles. The van der Waals surface area contributed by atoms with Crippen molar-refractivity contribution < 1.29 is 57.5 Å². The number of fused-ring (bicyclic) bond motifs is 4. The minimum Gasteiger partial charge on any atom is -0.488 e. The van der Waals surface area contributed by atoms with Gasteiger partial charge in [0, 0.05) is 37.2 Å². The van der Waals surface area contributed by atoms with E-state index in [0.29, 0.717) is 62.3 Å². The minimum absolute atomic E-state index is 0.0651. The lowest BCUT2D eigenvalue weighted by Gasteiger charge is -2.33. The molecule has 0 radical (unpaired) electrons. The summed E-state index contributed by atoms with van der Waals surface area (Å²) in [5.74, 6) is -1.08. The number of ether oxygens (including phenoxy) is 6. The maximum Gasteiger partial charge on any atom is 0.411 e. The zero-order chi connectivity index (χ0) is 40.7.